The maximum atomic E-state index is 13.1. The van der Waals surface area contributed by atoms with Crippen molar-refractivity contribution >= 4 is 21.9 Å². The highest BCUT2D eigenvalue weighted by molar-refractivity contribution is 9.10. The molecule has 0 atom stereocenters. The number of hydrogen-bond acceptors (Lipinski definition) is 2. The van der Waals surface area contributed by atoms with Crippen molar-refractivity contribution in [3.63, 3.8) is 0 Å². The van der Waals surface area contributed by atoms with Crippen molar-refractivity contribution in [3.05, 3.63) is 28.0 Å². The zero-order valence-electron chi connectivity index (χ0n) is 8.25. The summed E-state index contributed by atoms with van der Waals surface area (Å²) in [7, 11) is 0. The van der Waals surface area contributed by atoms with Crippen molar-refractivity contribution in [3.8, 4) is 5.75 Å². The standard InChI is InChI=1S/C10H10BrFO3/c1-5(2)15-9-4-7(11)8(12)3-6(9)10(13)14/h3-5H,1-2H3,(H,13,14). The van der Waals surface area contributed by atoms with Crippen LogP contribution in [0.15, 0.2) is 16.6 Å². The average Bonchev–Trinajstić information content (AvgIpc) is 2.09. The summed E-state index contributed by atoms with van der Waals surface area (Å²) in [6, 6.07) is 2.25. The predicted octanol–water partition coefficient (Wildman–Crippen LogP) is 3.07. The molecule has 3 nitrogen and oxygen atoms in total. The molecule has 15 heavy (non-hydrogen) atoms. The van der Waals surface area contributed by atoms with Crippen LogP contribution in [0.25, 0.3) is 0 Å². The third-order valence-electron chi connectivity index (χ3n) is 1.62. The molecule has 82 valence electrons. The van der Waals surface area contributed by atoms with Crippen LogP contribution in [0.4, 0.5) is 4.39 Å². The molecular weight excluding hydrogens is 267 g/mol. The molecule has 0 aromatic heterocycles. The first-order valence-electron chi connectivity index (χ1n) is 4.30. The molecule has 0 unspecified atom stereocenters. The fraction of sp³-hybridized carbons (Fsp3) is 0.300. The van der Waals surface area contributed by atoms with Gasteiger partial charge in [-0.3, -0.25) is 0 Å². The molecule has 0 fully saturated rings. The van der Waals surface area contributed by atoms with Crippen molar-refractivity contribution in [1.29, 1.82) is 0 Å². The Bertz CT molecular complexity index is 390. The van der Waals surface area contributed by atoms with Crippen molar-refractivity contribution < 1.29 is 19.0 Å². The fourth-order valence-corrected chi connectivity index (χ4v) is 1.37. The molecule has 0 bridgehead atoms. The van der Waals surface area contributed by atoms with Gasteiger partial charge in [0.2, 0.25) is 0 Å². The first-order valence-corrected chi connectivity index (χ1v) is 5.10. The third-order valence-corrected chi connectivity index (χ3v) is 2.22. The van der Waals surface area contributed by atoms with E-state index in [-0.39, 0.29) is 21.9 Å². The number of benzene rings is 1. The van der Waals surface area contributed by atoms with Gasteiger partial charge in [0.1, 0.15) is 17.1 Å². The van der Waals surface area contributed by atoms with Crippen molar-refractivity contribution in [2.45, 2.75) is 20.0 Å². The van der Waals surface area contributed by atoms with E-state index in [1.54, 1.807) is 13.8 Å². The number of carboxylic acid groups (broad SMARTS) is 1. The van der Waals surface area contributed by atoms with E-state index in [1.165, 1.54) is 6.07 Å². The molecule has 0 spiro atoms. The van der Waals surface area contributed by atoms with Crippen LogP contribution < -0.4 is 4.74 Å². The van der Waals surface area contributed by atoms with Crippen LogP contribution in [-0.4, -0.2) is 17.2 Å². The molecule has 0 heterocycles. The van der Waals surface area contributed by atoms with E-state index in [0.717, 1.165) is 6.07 Å². The molecular formula is C10H10BrFO3. The van der Waals surface area contributed by atoms with Gasteiger partial charge < -0.3 is 9.84 Å². The first kappa shape index (κ1) is 12.0. The van der Waals surface area contributed by atoms with Gasteiger partial charge in [-0.25, -0.2) is 9.18 Å². The smallest absolute Gasteiger partial charge is 0.339 e. The Morgan fingerprint density at radius 3 is 2.60 bits per heavy atom. The Morgan fingerprint density at radius 1 is 1.53 bits per heavy atom. The monoisotopic (exact) mass is 276 g/mol. The van der Waals surface area contributed by atoms with Crippen LogP contribution >= 0.6 is 15.9 Å². The molecule has 0 radical (unpaired) electrons. The lowest BCUT2D eigenvalue weighted by molar-refractivity contribution is 0.0690. The lowest BCUT2D eigenvalue weighted by Crippen LogP contribution is -2.10. The van der Waals surface area contributed by atoms with Crippen LogP contribution in [-0.2, 0) is 0 Å². The topological polar surface area (TPSA) is 46.5 Å². The van der Waals surface area contributed by atoms with E-state index in [0.29, 0.717) is 0 Å². The second-order valence-corrected chi connectivity index (χ2v) is 4.09. The van der Waals surface area contributed by atoms with Gasteiger partial charge >= 0.3 is 5.97 Å². The van der Waals surface area contributed by atoms with E-state index in [2.05, 4.69) is 15.9 Å². The van der Waals surface area contributed by atoms with Gasteiger partial charge in [-0.2, -0.15) is 0 Å². The van der Waals surface area contributed by atoms with Crippen LogP contribution in [0.1, 0.15) is 24.2 Å². The van der Waals surface area contributed by atoms with Crippen LogP contribution in [0.3, 0.4) is 0 Å². The van der Waals surface area contributed by atoms with Gasteiger partial charge in [-0.15, -0.1) is 0 Å². The van der Waals surface area contributed by atoms with Gasteiger partial charge in [-0.1, -0.05) is 0 Å². The van der Waals surface area contributed by atoms with Gasteiger partial charge in [-0.05, 0) is 41.9 Å². The normalized spacial score (nSPS) is 10.5. The van der Waals surface area contributed by atoms with E-state index in [9.17, 15) is 9.18 Å². The molecule has 0 amide bonds. The van der Waals surface area contributed by atoms with Crippen LogP contribution in [0.5, 0.6) is 5.75 Å². The van der Waals surface area contributed by atoms with Crippen LogP contribution in [0.2, 0.25) is 0 Å². The number of rotatable bonds is 3. The highest BCUT2D eigenvalue weighted by Gasteiger charge is 2.16. The molecule has 1 aromatic rings. The Labute approximate surface area is 95.0 Å². The Balaban J connectivity index is 3.22. The highest BCUT2D eigenvalue weighted by Crippen LogP contribution is 2.27. The van der Waals surface area contributed by atoms with Crippen molar-refractivity contribution in [2.24, 2.45) is 0 Å². The quantitative estimate of drug-likeness (QED) is 0.923. The minimum Gasteiger partial charge on any atom is -0.490 e. The predicted molar refractivity (Wildman–Crippen MR) is 56.8 cm³/mol. The Morgan fingerprint density at radius 2 is 2.13 bits per heavy atom. The van der Waals surface area contributed by atoms with Crippen molar-refractivity contribution in [2.75, 3.05) is 0 Å². The lowest BCUT2D eigenvalue weighted by atomic mass is 10.2. The molecule has 5 heteroatoms. The molecule has 1 N–H and O–H groups in total. The summed E-state index contributed by atoms with van der Waals surface area (Å²) in [6.07, 6.45) is -0.166. The number of carboxylic acids is 1. The highest BCUT2D eigenvalue weighted by atomic mass is 79.9. The largest absolute Gasteiger partial charge is 0.490 e. The first-order chi connectivity index (χ1) is 6.91. The van der Waals surface area contributed by atoms with Gasteiger partial charge in [0.15, 0.2) is 0 Å². The van der Waals surface area contributed by atoms with E-state index < -0.39 is 11.8 Å². The van der Waals surface area contributed by atoms with E-state index in [4.69, 9.17) is 9.84 Å². The summed E-state index contributed by atoms with van der Waals surface area (Å²) in [5.41, 5.74) is -0.176. The summed E-state index contributed by atoms with van der Waals surface area (Å²) in [5.74, 6) is -1.67. The minimum atomic E-state index is -1.21. The maximum Gasteiger partial charge on any atom is 0.339 e. The van der Waals surface area contributed by atoms with Crippen LogP contribution in [0, 0.1) is 5.82 Å². The third kappa shape index (κ3) is 2.92. The van der Waals surface area contributed by atoms with Crippen molar-refractivity contribution in [1.82, 2.24) is 0 Å². The van der Waals surface area contributed by atoms with E-state index >= 15 is 0 Å². The summed E-state index contributed by atoms with van der Waals surface area (Å²) in [5, 5.41) is 8.83. The molecule has 0 aliphatic carbocycles. The van der Waals surface area contributed by atoms with E-state index in [1.807, 2.05) is 0 Å². The zero-order chi connectivity index (χ0) is 11.6. The van der Waals surface area contributed by atoms with Gasteiger partial charge in [0.05, 0.1) is 10.6 Å². The molecule has 0 aliphatic heterocycles. The summed E-state index contributed by atoms with van der Waals surface area (Å²) in [6.45, 7) is 3.53. The fourth-order valence-electron chi connectivity index (χ4n) is 1.05. The van der Waals surface area contributed by atoms with Gasteiger partial charge in [0, 0.05) is 0 Å². The summed E-state index contributed by atoms with van der Waals surface area (Å²) < 4.78 is 18.5. The Kier molecular flexibility index (Phi) is 3.68. The van der Waals surface area contributed by atoms with Gasteiger partial charge in [0.25, 0.3) is 0 Å². The summed E-state index contributed by atoms with van der Waals surface area (Å²) >= 11 is 2.97. The number of carbonyl (C=O) groups is 1. The number of hydrogen-bond donors (Lipinski definition) is 1. The molecule has 0 aliphatic rings. The zero-order valence-corrected chi connectivity index (χ0v) is 9.84. The second kappa shape index (κ2) is 4.61. The SMILES string of the molecule is CC(C)Oc1cc(Br)c(F)cc1C(=O)O. The molecule has 1 aromatic carbocycles. The Hall–Kier alpha value is -1.10. The second-order valence-electron chi connectivity index (χ2n) is 3.23. The maximum absolute atomic E-state index is 13.1. The molecule has 0 saturated heterocycles. The lowest BCUT2D eigenvalue weighted by Gasteiger charge is -2.12. The number of halogens is 2. The molecule has 1 rings (SSSR count). The number of ether oxygens (including phenoxy) is 1. The summed E-state index contributed by atoms with van der Waals surface area (Å²) in [4.78, 5) is 10.8. The number of aromatic carboxylic acids is 1. The minimum absolute atomic E-state index is 0.158. The average molecular weight is 277 g/mol. The molecule has 0 saturated carbocycles.